The Morgan fingerprint density at radius 1 is 0.950 bits per heavy atom. The fourth-order valence-corrected chi connectivity index (χ4v) is 2.85. The number of rotatable bonds is 2. The molecule has 3 heteroatoms. The number of aromatic nitrogens is 1. The normalized spacial score (nSPS) is 14.2. The van der Waals surface area contributed by atoms with Crippen molar-refractivity contribution >= 4 is 22.4 Å². The molecule has 100 valence electrons. The number of H-pyrrole nitrogens is 1. The lowest BCUT2D eigenvalue weighted by Gasteiger charge is -2.18. The topological polar surface area (TPSA) is 39.9 Å². The third-order valence-electron chi connectivity index (χ3n) is 3.90. The van der Waals surface area contributed by atoms with Crippen molar-refractivity contribution in [2.75, 3.05) is 11.9 Å². The first-order chi connectivity index (χ1) is 9.88. The van der Waals surface area contributed by atoms with Crippen LogP contribution in [0.2, 0.25) is 0 Å². The van der Waals surface area contributed by atoms with E-state index in [-0.39, 0.29) is 0 Å². The summed E-state index contributed by atoms with van der Waals surface area (Å²) in [6.45, 7) is 2.06. The highest BCUT2D eigenvalue weighted by Crippen LogP contribution is 2.24. The smallest absolute Gasteiger partial charge is 0.108 e. The molecular formula is C17H17N3. The molecule has 0 amide bonds. The number of aromatic amines is 1. The van der Waals surface area contributed by atoms with Crippen LogP contribution >= 0.6 is 0 Å². The largest absolute Gasteiger partial charge is 0.342 e. The summed E-state index contributed by atoms with van der Waals surface area (Å²) in [7, 11) is 0. The fraction of sp³-hybridized carbons (Fsp3) is 0.176. The number of hydrogen-bond donors (Lipinski definition) is 3. The SMILES string of the molecule is c1ccc2[nH]c(Nc3ccc4c(c3)CCNC4)cc2c1. The Hall–Kier alpha value is -2.26. The molecule has 3 N–H and O–H groups in total. The van der Waals surface area contributed by atoms with Crippen molar-refractivity contribution in [1.82, 2.24) is 10.3 Å². The van der Waals surface area contributed by atoms with Gasteiger partial charge in [0.1, 0.15) is 5.82 Å². The zero-order valence-corrected chi connectivity index (χ0v) is 11.2. The van der Waals surface area contributed by atoms with Gasteiger partial charge in [-0.05, 0) is 48.4 Å². The Kier molecular flexibility index (Phi) is 2.71. The van der Waals surface area contributed by atoms with Crippen LogP contribution in [0.4, 0.5) is 11.5 Å². The van der Waals surface area contributed by atoms with Crippen LogP contribution in [-0.4, -0.2) is 11.5 Å². The van der Waals surface area contributed by atoms with Crippen LogP contribution in [0.3, 0.4) is 0 Å². The summed E-state index contributed by atoms with van der Waals surface area (Å²) in [5.41, 5.74) is 5.18. The molecule has 0 spiro atoms. The quantitative estimate of drug-likeness (QED) is 0.661. The van der Waals surface area contributed by atoms with Crippen molar-refractivity contribution in [1.29, 1.82) is 0 Å². The lowest BCUT2D eigenvalue weighted by Crippen LogP contribution is -2.23. The summed E-state index contributed by atoms with van der Waals surface area (Å²) in [6, 6.07) is 17.1. The van der Waals surface area contributed by atoms with Gasteiger partial charge in [0, 0.05) is 23.1 Å². The third-order valence-corrected chi connectivity index (χ3v) is 3.90. The molecule has 2 aromatic carbocycles. The van der Waals surface area contributed by atoms with Gasteiger partial charge in [-0.3, -0.25) is 0 Å². The minimum absolute atomic E-state index is 0.988. The summed E-state index contributed by atoms with van der Waals surface area (Å²) in [6.07, 6.45) is 1.11. The Balaban J connectivity index is 1.65. The standard InChI is InChI=1S/C17H17N3/c1-2-4-16-13(3-1)10-17(20-16)19-15-6-5-14-11-18-8-7-12(14)9-15/h1-6,9-10,18-20H,7-8,11H2. The average Bonchev–Trinajstić information content (AvgIpc) is 2.89. The van der Waals surface area contributed by atoms with E-state index < -0.39 is 0 Å². The summed E-state index contributed by atoms with van der Waals surface area (Å²) in [5, 5.41) is 8.10. The van der Waals surface area contributed by atoms with E-state index in [1.165, 1.54) is 16.5 Å². The molecule has 3 aromatic rings. The zero-order chi connectivity index (χ0) is 13.4. The highest BCUT2D eigenvalue weighted by atomic mass is 15.0. The van der Waals surface area contributed by atoms with E-state index in [0.717, 1.165) is 36.5 Å². The molecule has 0 radical (unpaired) electrons. The first kappa shape index (κ1) is 11.6. The maximum atomic E-state index is 3.47. The maximum absolute atomic E-state index is 3.47. The predicted octanol–water partition coefficient (Wildman–Crippen LogP) is 3.56. The number of para-hydroxylation sites is 1. The molecule has 1 aliphatic heterocycles. The second kappa shape index (κ2) is 4.69. The molecule has 0 saturated heterocycles. The molecule has 0 saturated carbocycles. The molecule has 2 heterocycles. The molecule has 0 unspecified atom stereocenters. The van der Waals surface area contributed by atoms with Gasteiger partial charge in [-0.1, -0.05) is 24.3 Å². The molecule has 0 aliphatic carbocycles. The summed E-state index contributed by atoms with van der Waals surface area (Å²) < 4.78 is 0. The van der Waals surface area contributed by atoms with Crippen molar-refractivity contribution in [3.05, 3.63) is 59.7 Å². The summed E-state index contributed by atoms with van der Waals surface area (Å²) in [5.74, 6) is 1.04. The molecule has 3 nitrogen and oxygen atoms in total. The van der Waals surface area contributed by atoms with Gasteiger partial charge in [0.15, 0.2) is 0 Å². The number of anilines is 2. The Labute approximate surface area is 118 Å². The van der Waals surface area contributed by atoms with Gasteiger partial charge in [0.05, 0.1) is 0 Å². The lowest BCUT2D eigenvalue weighted by molar-refractivity contribution is 0.644. The van der Waals surface area contributed by atoms with E-state index in [1.807, 2.05) is 0 Å². The lowest BCUT2D eigenvalue weighted by atomic mass is 10.0. The zero-order valence-electron chi connectivity index (χ0n) is 11.2. The van der Waals surface area contributed by atoms with Gasteiger partial charge >= 0.3 is 0 Å². The third kappa shape index (κ3) is 2.06. The van der Waals surface area contributed by atoms with Crippen LogP contribution in [0.25, 0.3) is 10.9 Å². The van der Waals surface area contributed by atoms with E-state index >= 15 is 0 Å². The number of nitrogens with one attached hydrogen (secondary N) is 3. The van der Waals surface area contributed by atoms with Crippen LogP contribution in [0, 0.1) is 0 Å². The first-order valence-corrected chi connectivity index (χ1v) is 7.06. The minimum atomic E-state index is 0.988. The molecular weight excluding hydrogens is 246 g/mol. The molecule has 20 heavy (non-hydrogen) atoms. The highest BCUT2D eigenvalue weighted by Gasteiger charge is 2.09. The molecule has 1 aliphatic rings. The Bertz CT molecular complexity index is 725. The molecule has 1 aromatic heterocycles. The molecule has 4 rings (SSSR count). The predicted molar refractivity (Wildman–Crippen MR) is 83.4 cm³/mol. The molecule has 0 bridgehead atoms. The van der Waals surface area contributed by atoms with E-state index in [1.54, 1.807) is 0 Å². The van der Waals surface area contributed by atoms with Gasteiger partial charge in [-0.15, -0.1) is 0 Å². The van der Waals surface area contributed by atoms with E-state index in [2.05, 4.69) is 64.1 Å². The van der Waals surface area contributed by atoms with Gasteiger partial charge in [-0.25, -0.2) is 0 Å². The van der Waals surface area contributed by atoms with Gasteiger partial charge in [0.2, 0.25) is 0 Å². The van der Waals surface area contributed by atoms with E-state index in [9.17, 15) is 0 Å². The van der Waals surface area contributed by atoms with Gasteiger partial charge in [0.25, 0.3) is 0 Å². The number of hydrogen-bond acceptors (Lipinski definition) is 2. The van der Waals surface area contributed by atoms with E-state index in [4.69, 9.17) is 0 Å². The van der Waals surface area contributed by atoms with Crippen LogP contribution in [0.1, 0.15) is 11.1 Å². The van der Waals surface area contributed by atoms with Crippen molar-refractivity contribution in [2.24, 2.45) is 0 Å². The minimum Gasteiger partial charge on any atom is -0.342 e. The van der Waals surface area contributed by atoms with Crippen LogP contribution < -0.4 is 10.6 Å². The Morgan fingerprint density at radius 3 is 2.85 bits per heavy atom. The number of fused-ring (bicyclic) bond motifs is 2. The van der Waals surface area contributed by atoms with Gasteiger partial charge in [-0.2, -0.15) is 0 Å². The van der Waals surface area contributed by atoms with Crippen molar-refractivity contribution in [3.8, 4) is 0 Å². The summed E-state index contributed by atoms with van der Waals surface area (Å²) >= 11 is 0. The van der Waals surface area contributed by atoms with Crippen molar-refractivity contribution < 1.29 is 0 Å². The maximum Gasteiger partial charge on any atom is 0.108 e. The van der Waals surface area contributed by atoms with Gasteiger partial charge < -0.3 is 15.6 Å². The monoisotopic (exact) mass is 263 g/mol. The first-order valence-electron chi connectivity index (χ1n) is 7.06. The van der Waals surface area contributed by atoms with Crippen LogP contribution in [0.5, 0.6) is 0 Å². The fourth-order valence-electron chi connectivity index (χ4n) is 2.85. The van der Waals surface area contributed by atoms with Crippen LogP contribution in [-0.2, 0) is 13.0 Å². The van der Waals surface area contributed by atoms with Crippen molar-refractivity contribution in [2.45, 2.75) is 13.0 Å². The van der Waals surface area contributed by atoms with Crippen LogP contribution in [0.15, 0.2) is 48.5 Å². The second-order valence-electron chi connectivity index (χ2n) is 5.31. The van der Waals surface area contributed by atoms with E-state index in [0.29, 0.717) is 0 Å². The highest BCUT2D eigenvalue weighted by molar-refractivity contribution is 5.84. The number of benzene rings is 2. The van der Waals surface area contributed by atoms with Crippen molar-refractivity contribution in [3.63, 3.8) is 0 Å². The second-order valence-corrected chi connectivity index (χ2v) is 5.31. The molecule has 0 fully saturated rings. The molecule has 0 atom stereocenters. The average molecular weight is 263 g/mol. The Morgan fingerprint density at radius 2 is 1.90 bits per heavy atom. The summed E-state index contributed by atoms with van der Waals surface area (Å²) in [4.78, 5) is 3.40.